The van der Waals surface area contributed by atoms with E-state index in [0.717, 1.165) is 25.2 Å². The molecule has 0 unspecified atom stereocenters. The van der Waals surface area contributed by atoms with Crippen molar-refractivity contribution in [2.75, 3.05) is 24.6 Å². The number of rotatable bonds is 6. The van der Waals surface area contributed by atoms with Crippen LogP contribution in [0.5, 0.6) is 0 Å². The van der Waals surface area contributed by atoms with Crippen molar-refractivity contribution in [3.05, 3.63) is 23.8 Å². The maximum Gasteiger partial charge on any atom is 0.257 e. The first kappa shape index (κ1) is 13.3. The molecule has 2 aromatic rings. The number of aryl methyl sites for hydroxylation is 1. The van der Waals surface area contributed by atoms with E-state index in [1.807, 2.05) is 0 Å². The van der Waals surface area contributed by atoms with E-state index >= 15 is 0 Å². The number of nitrogens with zero attached hydrogens (tertiary/aromatic N) is 2. The molecule has 0 saturated heterocycles. The lowest BCUT2D eigenvalue weighted by Crippen LogP contribution is -2.20. The minimum absolute atomic E-state index is 0.222. The Morgan fingerprint density at radius 2 is 2.42 bits per heavy atom. The molecule has 5 N–H and O–H groups in total. The van der Waals surface area contributed by atoms with Crippen LogP contribution >= 0.6 is 11.5 Å². The quantitative estimate of drug-likeness (QED) is 0.587. The summed E-state index contributed by atoms with van der Waals surface area (Å²) in [6.07, 6.45) is 5.29. The monoisotopic (exact) mass is 280 g/mol. The van der Waals surface area contributed by atoms with Crippen molar-refractivity contribution in [1.82, 2.24) is 19.7 Å². The molecule has 0 aliphatic carbocycles. The first-order chi connectivity index (χ1) is 9.22. The van der Waals surface area contributed by atoms with Gasteiger partial charge in [-0.2, -0.15) is 4.37 Å². The van der Waals surface area contributed by atoms with E-state index < -0.39 is 0 Å². The summed E-state index contributed by atoms with van der Waals surface area (Å²) in [4.78, 5) is 18.8. The van der Waals surface area contributed by atoms with Crippen molar-refractivity contribution >= 4 is 28.3 Å². The summed E-state index contributed by atoms with van der Waals surface area (Å²) in [6, 6.07) is 0. The van der Waals surface area contributed by atoms with Crippen LogP contribution in [0, 0.1) is 0 Å². The van der Waals surface area contributed by atoms with Gasteiger partial charge in [-0.15, -0.1) is 0 Å². The Morgan fingerprint density at radius 3 is 3.11 bits per heavy atom. The highest BCUT2D eigenvalue weighted by Gasteiger charge is 2.17. The fraction of sp³-hybridized carbons (Fsp3) is 0.364. The Hall–Kier alpha value is -2.09. The predicted molar refractivity (Wildman–Crippen MR) is 75.3 cm³/mol. The van der Waals surface area contributed by atoms with Crippen molar-refractivity contribution in [3.8, 4) is 0 Å². The minimum atomic E-state index is -0.222. The van der Waals surface area contributed by atoms with E-state index in [2.05, 4.69) is 25.0 Å². The lowest BCUT2D eigenvalue weighted by molar-refractivity contribution is 0.0965. The van der Waals surface area contributed by atoms with Gasteiger partial charge in [0.1, 0.15) is 16.4 Å². The first-order valence-electron chi connectivity index (χ1n) is 5.91. The van der Waals surface area contributed by atoms with E-state index in [4.69, 9.17) is 5.73 Å². The molecule has 7 nitrogen and oxygen atoms in total. The SMILES string of the molecule is CNC(=O)c1c(N)nsc1NCCCc1ncc[nH]1. The molecule has 1 amide bonds. The number of nitrogens with one attached hydrogen (secondary N) is 3. The van der Waals surface area contributed by atoms with Crippen molar-refractivity contribution in [2.45, 2.75) is 12.8 Å². The van der Waals surface area contributed by atoms with Gasteiger partial charge in [-0.25, -0.2) is 4.98 Å². The molecule has 0 bridgehead atoms. The summed E-state index contributed by atoms with van der Waals surface area (Å²) in [6.45, 7) is 0.728. The molecular formula is C11H16N6OS. The Bertz CT molecular complexity index is 535. The lowest BCUT2D eigenvalue weighted by atomic mass is 10.2. The van der Waals surface area contributed by atoms with Gasteiger partial charge in [-0.3, -0.25) is 4.79 Å². The van der Waals surface area contributed by atoms with Gasteiger partial charge in [-0.1, -0.05) is 0 Å². The molecule has 0 aliphatic rings. The summed E-state index contributed by atoms with van der Waals surface area (Å²) in [5, 5.41) is 6.44. The number of imidazole rings is 1. The van der Waals surface area contributed by atoms with Gasteiger partial charge < -0.3 is 21.4 Å². The molecule has 8 heteroatoms. The molecule has 19 heavy (non-hydrogen) atoms. The maximum absolute atomic E-state index is 11.7. The van der Waals surface area contributed by atoms with Crippen LogP contribution in [0.1, 0.15) is 22.6 Å². The van der Waals surface area contributed by atoms with Gasteiger partial charge in [0, 0.05) is 32.4 Å². The standard InChI is InChI=1S/C11H16N6OS/c1-13-10(18)8-9(12)17-19-11(8)16-4-2-3-7-14-5-6-15-7/h5-6,16H,2-4H2,1H3,(H2,12,17)(H,13,18)(H,14,15). The normalized spacial score (nSPS) is 10.4. The Kier molecular flexibility index (Phi) is 4.35. The van der Waals surface area contributed by atoms with Crippen molar-refractivity contribution < 1.29 is 4.79 Å². The van der Waals surface area contributed by atoms with Crippen molar-refractivity contribution in [1.29, 1.82) is 0 Å². The summed E-state index contributed by atoms with van der Waals surface area (Å²) in [5.41, 5.74) is 6.10. The second-order valence-corrected chi connectivity index (χ2v) is 4.69. The number of nitrogens with two attached hydrogens (primary N) is 1. The molecule has 0 atom stereocenters. The van der Waals surface area contributed by atoms with Crippen LogP contribution in [0.2, 0.25) is 0 Å². The summed E-state index contributed by atoms with van der Waals surface area (Å²) < 4.78 is 3.99. The van der Waals surface area contributed by atoms with Crippen molar-refractivity contribution in [3.63, 3.8) is 0 Å². The number of hydrogen-bond donors (Lipinski definition) is 4. The molecule has 0 spiro atoms. The van der Waals surface area contributed by atoms with Crippen LogP contribution in [0.15, 0.2) is 12.4 Å². The van der Waals surface area contributed by atoms with Crippen LogP contribution < -0.4 is 16.4 Å². The van der Waals surface area contributed by atoms with E-state index in [9.17, 15) is 4.79 Å². The van der Waals surface area contributed by atoms with Crippen LogP contribution in [-0.2, 0) is 6.42 Å². The zero-order valence-electron chi connectivity index (χ0n) is 10.6. The molecule has 0 radical (unpaired) electrons. The maximum atomic E-state index is 11.7. The van der Waals surface area contributed by atoms with Gasteiger partial charge in [0.05, 0.1) is 0 Å². The molecule has 2 rings (SSSR count). The number of amides is 1. The molecule has 102 valence electrons. The van der Waals surface area contributed by atoms with Gasteiger partial charge in [0.2, 0.25) is 0 Å². The lowest BCUT2D eigenvalue weighted by Gasteiger charge is -2.05. The van der Waals surface area contributed by atoms with Crippen molar-refractivity contribution in [2.24, 2.45) is 0 Å². The number of aromatic nitrogens is 3. The third kappa shape index (κ3) is 3.22. The minimum Gasteiger partial charge on any atom is -0.382 e. The highest BCUT2D eigenvalue weighted by molar-refractivity contribution is 7.11. The second kappa shape index (κ2) is 6.19. The number of aromatic amines is 1. The number of anilines is 2. The highest BCUT2D eigenvalue weighted by atomic mass is 32.1. The molecular weight excluding hydrogens is 264 g/mol. The van der Waals surface area contributed by atoms with Crippen LogP contribution in [0.3, 0.4) is 0 Å². The average Bonchev–Trinajstić information content (AvgIpc) is 3.04. The second-order valence-electron chi connectivity index (χ2n) is 3.92. The number of carbonyl (C=O) groups is 1. The highest BCUT2D eigenvalue weighted by Crippen LogP contribution is 2.26. The van der Waals surface area contributed by atoms with E-state index in [0.29, 0.717) is 10.6 Å². The summed E-state index contributed by atoms with van der Waals surface area (Å²) in [7, 11) is 1.57. The Labute approximate surface area is 114 Å². The fourth-order valence-corrected chi connectivity index (χ4v) is 2.40. The van der Waals surface area contributed by atoms with E-state index in [-0.39, 0.29) is 11.7 Å². The third-order valence-electron chi connectivity index (χ3n) is 2.60. The molecule has 0 saturated carbocycles. The largest absolute Gasteiger partial charge is 0.382 e. The van der Waals surface area contributed by atoms with Crippen LogP contribution in [0.25, 0.3) is 0 Å². The van der Waals surface area contributed by atoms with Crippen LogP contribution in [0.4, 0.5) is 10.8 Å². The molecule has 2 aromatic heterocycles. The van der Waals surface area contributed by atoms with Gasteiger partial charge in [-0.05, 0) is 18.0 Å². The van der Waals surface area contributed by atoms with Gasteiger partial charge in [0.15, 0.2) is 5.82 Å². The topological polar surface area (TPSA) is 109 Å². The number of H-pyrrole nitrogens is 1. The zero-order chi connectivity index (χ0) is 13.7. The summed E-state index contributed by atoms with van der Waals surface area (Å²) in [5.74, 6) is 0.995. The van der Waals surface area contributed by atoms with Gasteiger partial charge in [0.25, 0.3) is 5.91 Å². The summed E-state index contributed by atoms with van der Waals surface area (Å²) >= 11 is 1.20. The first-order valence-corrected chi connectivity index (χ1v) is 6.69. The molecule has 0 fully saturated rings. The zero-order valence-corrected chi connectivity index (χ0v) is 11.4. The Morgan fingerprint density at radius 1 is 1.58 bits per heavy atom. The number of nitrogen functional groups attached to an aromatic ring is 1. The van der Waals surface area contributed by atoms with E-state index in [1.54, 1.807) is 19.4 Å². The van der Waals surface area contributed by atoms with Crippen LogP contribution in [-0.4, -0.2) is 33.8 Å². The fourth-order valence-electron chi connectivity index (χ4n) is 1.66. The smallest absolute Gasteiger partial charge is 0.257 e. The number of hydrogen-bond acceptors (Lipinski definition) is 6. The third-order valence-corrected chi connectivity index (χ3v) is 3.42. The van der Waals surface area contributed by atoms with E-state index in [1.165, 1.54) is 11.5 Å². The number of carbonyl (C=O) groups excluding carboxylic acids is 1. The average molecular weight is 280 g/mol. The molecule has 2 heterocycles. The predicted octanol–water partition coefficient (Wildman–Crippen LogP) is 0.853. The Balaban J connectivity index is 1.87. The van der Waals surface area contributed by atoms with Gasteiger partial charge >= 0.3 is 0 Å². The molecule has 0 aromatic carbocycles. The molecule has 0 aliphatic heterocycles.